The van der Waals surface area contributed by atoms with Gasteiger partial charge in [0.15, 0.2) is 0 Å². The minimum atomic E-state index is -0.00693. The molecule has 9 rings (SSSR count). The first-order valence-corrected chi connectivity index (χ1v) is 18.9. The highest BCUT2D eigenvalue weighted by atomic mass is 15.2. The number of hydrogen-bond donors (Lipinski definition) is 0. The molecule has 2 aliphatic rings. The summed E-state index contributed by atoms with van der Waals surface area (Å²) in [6.07, 6.45) is 0. The molecule has 3 heteroatoms. The van der Waals surface area contributed by atoms with Crippen LogP contribution in [-0.4, -0.2) is 6.71 Å². The van der Waals surface area contributed by atoms with Crippen molar-refractivity contribution < 1.29 is 0 Å². The molecule has 0 aliphatic carbocycles. The van der Waals surface area contributed by atoms with Crippen LogP contribution in [0.25, 0.3) is 22.3 Å². The van der Waals surface area contributed by atoms with E-state index >= 15 is 0 Å². The number of nitrogens with zero attached hydrogens (tertiary/aromatic N) is 2. The molecule has 2 heterocycles. The second-order valence-corrected chi connectivity index (χ2v) is 16.6. The third-order valence-electron chi connectivity index (χ3n) is 11.2. The van der Waals surface area contributed by atoms with Gasteiger partial charge < -0.3 is 9.80 Å². The van der Waals surface area contributed by atoms with Crippen molar-refractivity contribution in [3.05, 3.63) is 175 Å². The zero-order chi connectivity index (χ0) is 36.5. The van der Waals surface area contributed by atoms with Crippen LogP contribution in [0.5, 0.6) is 0 Å². The van der Waals surface area contributed by atoms with E-state index < -0.39 is 0 Å². The third kappa shape index (κ3) is 5.49. The van der Waals surface area contributed by atoms with Crippen molar-refractivity contribution in [3.8, 4) is 22.3 Å². The molecule has 0 radical (unpaired) electrons. The van der Waals surface area contributed by atoms with Crippen molar-refractivity contribution in [2.24, 2.45) is 0 Å². The number of hydrogen-bond acceptors (Lipinski definition) is 2. The fourth-order valence-electron chi connectivity index (χ4n) is 8.46. The van der Waals surface area contributed by atoms with Gasteiger partial charge in [-0.3, -0.25) is 0 Å². The van der Waals surface area contributed by atoms with Gasteiger partial charge in [-0.25, -0.2) is 0 Å². The Balaban J connectivity index is 1.39. The molecular formula is C50H45BN2. The molecule has 7 aromatic carbocycles. The molecule has 0 atom stereocenters. The highest BCUT2D eigenvalue weighted by Crippen LogP contribution is 2.48. The molecule has 2 aliphatic heterocycles. The van der Waals surface area contributed by atoms with Crippen LogP contribution in [0.3, 0.4) is 0 Å². The molecule has 53 heavy (non-hydrogen) atoms. The Morgan fingerprint density at radius 2 is 0.736 bits per heavy atom. The summed E-state index contributed by atoms with van der Waals surface area (Å²) in [4.78, 5) is 5.08. The van der Waals surface area contributed by atoms with Crippen LogP contribution in [0.15, 0.2) is 164 Å². The lowest BCUT2D eigenvalue weighted by Gasteiger charge is -2.45. The maximum Gasteiger partial charge on any atom is 0.252 e. The van der Waals surface area contributed by atoms with Crippen LogP contribution in [0, 0.1) is 0 Å². The molecule has 0 amide bonds. The predicted octanol–water partition coefficient (Wildman–Crippen LogP) is 11.7. The van der Waals surface area contributed by atoms with Gasteiger partial charge in [0.1, 0.15) is 0 Å². The first-order valence-electron chi connectivity index (χ1n) is 18.9. The van der Waals surface area contributed by atoms with Crippen LogP contribution < -0.4 is 26.2 Å². The normalized spacial score (nSPS) is 13.4. The lowest BCUT2D eigenvalue weighted by molar-refractivity contribution is 0.590. The Hall–Kier alpha value is -5.80. The van der Waals surface area contributed by atoms with Gasteiger partial charge in [0, 0.05) is 33.9 Å². The summed E-state index contributed by atoms with van der Waals surface area (Å²) in [6, 6.07) is 60.9. The van der Waals surface area contributed by atoms with Crippen molar-refractivity contribution in [3.63, 3.8) is 0 Å². The van der Waals surface area contributed by atoms with Gasteiger partial charge in [-0.05, 0) is 85.9 Å². The van der Waals surface area contributed by atoms with E-state index in [4.69, 9.17) is 0 Å². The molecule has 0 saturated heterocycles. The molecule has 0 saturated carbocycles. The van der Waals surface area contributed by atoms with Gasteiger partial charge in [-0.15, -0.1) is 0 Å². The van der Waals surface area contributed by atoms with Crippen LogP contribution in [-0.2, 0) is 10.8 Å². The second kappa shape index (κ2) is 12.4. The van der Waals surface area contributed by atoms with Gasteiger partial charge in [-0.1, -0.05) is 169 Å². The lowest BCUT2D eigenvalue weighted by atomic mass is 9.33. The first-order chi connectivity index (χ1) is 25.6. The Morgan fingerprint density at radius 3 is 1.15 bits per heavy atom. The average molecular weight is 685 g/mol. The molecule has 0 bridgehead atoms. The van der Waals surface area contributed by atoms with Crippen LogP contribution in [0.1, 0.15) is 52.7 Å². The molecule has 0 fully saturated rings. The van der Waals surface area contributed by atoms with Crippen molar-refractivity contribution in [2.45, 2.75) is 52.4 Å². The van der Waals surface area contributed by atoms with E-state index in [1.807, 2.05) is 0 Å². The summed E-state index contributed by atoms with van der Waals surface area (Å²) in [5, 5.41) is 0. The monoisotopic (exact) mass is 684 g/mol. The van der Waals surface area contributed by atoms with Crippen molar-refractivity contribution in [1.29, 1.82) is 0 Å². The summed E-state index contributed by atoms with van der Waals surface area (Å²) in [6.45, 7) is 14.0. The first kappa shape index (κ1) is 33.1. The van der Waals surface area contributed by atoms with Crippen molar-refractivity contribution in [2.75, 3.05) is 9.80 Å². The van der Waals surface area contributed by atoms with Gasteiger partial charge in [0.05, 0.1) is 11.4 Å². The van der Waals surface area contributed by atoms with Gasteiger partial charge in [0.2, 0.25) is 0 Å². The Bertz CT molecular complexity index is 2320. The summed E-state index contributed by atoms with van der Waals surface area (Å²) in [5.74, 6) is 0. The molecule has 258 valence electrons. The van der Waals surface area contributed by atoms with E-state index in [-0.39, 0.29) is 17.5 Å². The molecule has 0 unspecified atom stereocenters. The molecule has 0 N–H and O–H groups in total. The summed E-state index contributed by atoms with van der Waals surface area (Å²) in [7, 11) is 0. The van der Waals surface area contributed by atoms with E-state index in [1.165, 1.54) is 83.9 Å². The number of para-hydroxylation sites is 2. The van der Waals surface area contributed by atoms with Crippen molar-refractivity contribution in [1.82, 2.24) is 0 Å². The molecule has 2 nitrogen and oxygen atoms in total. The third-order valence-corrected chi connectivity index (χ3v) is 11.2. The highest BCUT2D eigenvalue weighted by molar-refractivity contribution is 7.00. The van der Waals surface area contributed by atoms with E-state index in [1.54, 1.807) is 0 Å². The number of fused-ring (bicyclic) bond motifs is 4. The zero-order valence-corrected chi connectivity index (χ0v) is 31.6. The minimum Gasteiger partial charge on any atom is -0.311 e. The Morgan fingerprint density at radius 1 is 0.358 bits per heavy atom. The van der Waals surface area contributed by atoms with E-state index in [0.717, 1.165) is 0 Å². The van der Waals surface area contributed by atoms with Crippen LogP contribution in [0.4, 0.5) is 34.1 Å². The van der Waals surface area contributed by atoms with E-state index in [0.29, 0.717) is 0 Å². The van der Waals surface area contributed by atoms with E-state index in [2.05, 4.69) is 215 Å². The molecule has 0 aromatic heterocycles. The minimum absolute atomic E-state index is 0.00693. The maximum absolute atomic E-state index is 2.54. The number of anilines is 6. The lowest BCUT2D eigenvalue weighted by Crippen LogP contribution is -2.61. The van der Waals surface area contributed by atoms with Crippen LogP contribution >= 0.6 is 0 Å². The fourth-order valence-corrected chi connectivity index (χ4v) is 8.46. The topological polar surface area (TPSA) is 6.48 Å². The Kier molecular flexibility index (Phi) is 7.75. The highest BCUT2D eigenvalue weighted by Gasteiger charge is 2.44. The number of rotatable bonds is 4. The van der Waals surface area contributed by atoms with Crippen LogP contribution in [0.2, 0.25) is 0 Å². The summed E-state index contributed by atoms with van der Waals surface area (Å²) < 4.78 is 0. The zero-order valence-electron chi connectivity index (χ0n) is 31.6. The van der Waals surface area contributed by atoms with Gasteiger partial charge >= 0.3 is 0 Å². The van der Waals surface area contributed by atoms with Crippen molar-refractivity contribution >= 4 is 57.2 Å². The Labute approximate surface area is 315 Å². The molecule has 7 aromatic rings. The number of benzene rings is 7. The average Bonchev–Trinajstić information content (AvgIpc) is 3.17. The quantitative estimate of drug-likeness (QED) is 0.170. The SMILES string of the molecule is CC(C)(C)c1ccc2c(c1)B1c3cc(C(C)(C)C)ccc3N(c3ccccc3-c3ccccc3)c3cccc(c31)N2c1ccccc1-c1ccccc1. The largest absolute Gasteiger partial charge is 0.311 e. The summed E-state index contributed by atoms with van der Waals surface area (Å²) >= 11 is 0. The van der Waals surface area contributed by atoms with E-state index in [9.17, 15) is 0 Å². The standard InChI is InChI=1S/C50H45BN2/c1-49(2,3)36-28-30-44-40(32-36)51-41-33-37(50(4,5)6)29-31-45(41)53(43-25-16-14-23-39(43)35-20-11-8-12-21-35)47-27-17-26-46(48(47)51)52(44)42-24-15-13-22-38(42)34-18-9-7-10-19-34/h7-33H,1-6H3. The maximum atomic E-state index is 2.54. The summed E-state index contributed by atoms with van der Waals surface area (Å²) in [5.41, 5.74) is 18.9. The molecule has 0 spiro atoms. The predicted molar refractivity (Wildman–Crippen MR) is 229 cm³/mol. The van der Waals surface area contributed by atoms with Gasteiger partial charge in [0.25, 0.3) is 6.71 Å². The second-order valence-electron chi connectivity index (χ2n) is 16.6. The smallest absolute Gasteiger partial charge is 0.252 e. The fraction of sp³-hybridized carbons (Fsp3) is 0.160. The molecular weight excluding hydrogens is 639 g/mol. The van der Waals surface area contributed by atoms with Gasteiger partial charge in [-0.2, -0.15) is 0 Å².